The fourth-order valence-corrected chi connectivity index (χ4v) is 2.04. The fraction of sp³-hybridized carbons (Fsp3) is 0.733. The minimum Gasteiger partial charge on any atom is -0.396 e. The van der Waals surface area contributed by atoms with Crippen molar-refractivity contribution in [2.45, 2.75) is 59.6 Å². The van der Waals surface area contributed by atoms with Crippen molar-refractivity contribution < 1.29 is 10.2 Å². The summed E-state index contributed by atoms with van der Waals surface area (Å²) in [6.45, 7) is 10.5. The maximum absolute atomic E-state index is 9.90. The Bertz CT molecular complexity index is 282. The van der Waals surface area contributed by atoms with Crippen molar-refractivity contribution in [3.63, 3.8) is 0 Å². The highest BCUT2D eigenvalue weighted by Gasteiger charge is 2.20. The minimum atomic E-state index is -0.424. The summed E-state index contributed by atoms with van der Waals surface area (Å²) in [4.78, 5) is 0. The van der Waals surface area contributed by atoms with E-state index < -0.39 is 6.10 Å². The number of allylic oxidation sites excluding steroid dienone is 2. The molecule has 0 spiro atoms. The van der Waals surface area contributed by atoms with Crippen molar-refractivity contribution in [2.24, 2.45) is 5.92 Å². The predicted octanol–water partition coefficient (Wildman–Crippen LogP) is 2.60. The van der Waals surface area contributed by atoms with E-state index in [0.29, 0.717) is 18.8 Å². The molecule has 18 heavy (non-hydrogen) atoms. The van der Waals surface area contributed by atoms with E-state index in [1.807, 2.05) is 20.0 Å². The maximum atomic E-state index is 9.90. The molecule has 0 aliphatic carbocycles. The summed E-state index contributed by atoms with van der Waals surface area (Å²) in [5.41, 5.74) is 2.53. The van der Waals surface area contributed by atoms with E-state index in [-0.39, 0.29) is 12.6 Å². The van der Waals surface area contributed by atoms with Gasteiger partial charge in [0, 0.05) is 12.8 Å². The van der Waals surface area contributed by atoms with Crippen LogP contribution in [0.5, 0.6) is 0 Å². The average molecular weight is 255 g/mol. The van der Waals surface area contributed by atoms with E-state index in [4.69, 9.17) is 5.11 Å². The standard InChI is InChI=1S/C13H23NO2.C2H6/c1-9(2)11-8-14-12(7-10(11)3)13(16)5-4-6-15;1-2/h7-9,12-16H,4-6H2,1-3H3;1-2H3. The first-order chi connectivity index (χ1) is 8.56. The molecule has 3 heteroatoms. The molecule has 0 amide bonds. The van der Waals surface area contributed by atoms with E-state index in [1.54, 1.807) is 0 Å². The van der Waals surface area contributed by atoms with Gasteiger partial charge in [0.15, 0.2) is 0 Å². The summed E-state index contributed by atoms with van der Waals surface area (Å²) in [5.74, 6) is 0.499. The lowest BCUT2D eigenvalue weighted by Gasteiger charge is -2.27. The summed E-state index contributed by atoms with van der Waals surface area (Å²) in [5, 5.41) is 21.8. The van der Waals surface area contributed by atoms with Crippen LogP contribution in [0.4, 0.5) is 0 Å². The van der Waals surface area contributed by atoms with Crippen LogP contribution in [0.2, 0.25) is 0 Å². The largest absolute Gasteiger partial charge is 0.396 e. The van der Waals surface area contributed by atoms with Crippen molar-refractivity contribution in [1.82, 2.24) is 5.32 Å². The van der Waals surface area contributed by atoms with Gasteiger partial charge >= 0.3 is 0 Å². The van der Waals surface area contributed by atoms with Gasteiger partial charge in [0.2, 0.25) is 0 Å². The molecule has 106 valence electrons. The lowest BCUT2D eigenvalue weighted by Crippen LogP contribution is -2.38. The third-order valence-corrected chi connectivity index (χ3v) is 3.01. The maximum Gasteiger partial charge on any atom is 0.0778 e. The Morgan fingerprint density at radius 2 is 1.94 bits per heavy atom. The van der Waals surface area contributed by atoms with Crippen LogP contribution in [-0.2, 0) is 0 Å². The highest BCUT2D eigenvalue weighted by atomic mass is 16.3. The Morgan fingerprint density at radius 3 is 2.39 bits per heavy atom. The Hall–Kier alpha value is -0.800. The van der Waals surface area contributed by atoms with E-state index in [1.165, 1.54) is 11.1 Å². The monoisotopic (exact) mass is 255 g/mol. The zero-order valence-electron chi connectivity index (χ0n) is 12.4. The summed E-state index contributed by atoms with van der Waals surface area (Å²) in [6, 6.07) is -0.0194. The second kappa shape index (κ2) is 9.17. The Balaban J connectivity index is 0.00000137. The summed E-state index contributed by atoms with van der Waals surface area (Å²) < 4.78 is 0. The lowest BCUT2D eigenvalue weighted by molar-refractivity contribution is 0.128. The first kappa shape index (κ1) is 17.2. The summed E-state index contributed by atoms with van der Waals surface area (Å²) in [6.07, 6.45) is 4.94. The average Bonchev–Trinajstić information content (AvgIpc) is 2.37. The molecule has 0 aromatic heterocycles. The van der Waals surface area contributed by atoms with Crippen LogP contribution >= 0.6 is 0 Å². The van der Waals surface area contributed by atoms with E-state index in [9.17, 15) is 5.11 Å². The topological polar surface area (TPSA) is 52.5 Å². The van der Waals surface area contributed by atoms with Gasteiger partial charge in [-0.25, -0.2) is 0 Å². The number of hydrogen-bond donors (Lipinski definition) is 3. The van der Waals surface area contributed by atoms with Crippen molar-refractivity contribution in [3.05, 3.63) is 23.4 Å². The van der Waals surface area contributed by atoms with Gasteiger partial charge in [-0.2, -0.15) is 0 Å². The summed E-state index contributed by atoms with van der Waals surface area (Å²) in [7, 11) is 0. The molecule has 1 aliphatic heterocycles. The Labute approximate surface area is 112 Å². The zero-order valence-corrected chi connectivity index (χ0v) is 12.4. The smallest absolute Gasteiger partial charge is 0.0778 e. The van der Waals surface area contributed by atoms with Crippen LogP contribution < -0.4 is 5.32 Å². The van der Waals surface area contributed by atoms with Crippen LogP contribution in [0.25, 0.3) is 0 Å². The van der Waals surface area contributed by atoms with E-state index >= 15 is 0 Å². The van der Waals surface area contributed by atoms with Crippen LogP contribution in [-0.4, -0.2) is 29.0 Å². The molecule has 0 radical (unpaired) electrons. The number of hydrogen-bond acceptors (Lipinski definition) is 3. The molecule has 1 heterocycles. The normalized spacial score (nSPS) is 20.3. The lowest BCUT2D eigenvalue weighted by atomic mass is 9.91. The number of aliphatic hydroxyl groups is 2. The number of nitrogens with one attached hydrogen (secondary N) is 1. The van der Waals surface area contributed by atoms with Gasteiger partial charge < -0.3 is 15.5 Å². The molecule has 0 bridgehead atoms. The van der Waals surface area contributed by atoms with Crippen molar-refractivity contribution in [1.29, 1.82) is 0 Å². The Kier molecular flexibility index (Phi) is 8.77. The molecule has 1 rings (SSSR count). The van der Waals surface area contributed by atoms with Crippen molar-refractivity contribution >= 4 is 0 Å². The molecule has 0 aromatic carbocycles. The third-order valence-electron chi connectivity index (χ3n) is 3.01. The molecular formula is C15H29NO2. The van der Waals surface area contributed by atoms with Gasteiger partial charge in [0.1, 0.15) is 0 Å². The molecule has 3 nitrogen and oxygen atoms in total. The van der Waals surface area contributed by atoms with Crippen molar-refractivity contribution in [3.8, 4) is 0 Å². The molecule has 0 aromatic rings. The number of dihydropyridines is 1. The molecule has 1 aliphatic rings. The molecule has 0 saturated heterocycles. The highest BCUT2D eigenvalue weighted by molar-refractivity contribution is 5.35. The van der Waals surface area contributed by atoms with Gasteiger partial charge in [0.25, 0.3) is 0 Å². The van der Waals surface area contributed by atoms with Gasteiger partial charge in [0.05, 0.1) is 12.1 Å². The van der Waals surface area contributed by atoms with Crippen molar-refractivity contribution in [2.75, 3.05) is 6.61 Å². The van der Waals surface area contributed by atoms with Crippen LogP contribution in [0.15, 0.2) is 23.4 Å². The van der Waals surface area contributed by atoms with Crippen LogP contribution in [0, 0.1) is 5.92 Å². The molecule has 3 N–H and O–H groups in total. The zero-order chi connectivity index (χ0) is 14.1. The number of aliphatic hydroxyl groups excluding tert-OH is 2. The molecular weight excluding hydrogens is 226 g/mol. The van der Waals surface area contributed by atoms with Gasteiger partial charge in [-0.15, -0.1) is 0 Å². The van der Waals surface area contributed by atoms with Gasteiger partial charge in [-0.05, 0) is 36.8 Å². The highest BCUT2D eigenvalue weighted by Crippen LogP contribution is 2.23. The van der Waals surface area contributed by atoms with Crippen LogP contribution in [0.3, 0.4) is 0 Å². The molecule has 2 atom stereocenters. The second-order valence-electron chi connectivity index (χ2n) is 4.73. The SMILES string of the molecule is CC.CC1=CC(C(O)CCCO)NC=C1C(C)C. The minimum absolute atomic E-state index is 0.0194. The van der Waals surface area contributed by atoms with Gasteiger partial charge in [-0.3, -0.25) is 0 Å². The Morgan fingerprint density at radius 1 is 1.33 bits per heavy atom. The van der Waals surface area contributed by atoms with Crippen LogP contribution in [0.1, 0.15) is 47.5 Å². The molecule has 0 saturated carbocycles. The fourth-order valence-electron chi connectivity index (χ4n) is 2.04. The predicted molar refractivity (Wildman–Crippen MR) is 77.3 cm³/mol. The second-order valence-corrected chi connectivity index (χ2v) is 4.73. The van der Waals surface area contributed by atoms with Gasteiger partial charge in [-0.1, -0.05) is 33.8 Å². The number of rotatable bonds is 5. The summed E-state index contributed by atoms with van der Waals surface area (Å²) >= 11 is 0. The molecule has 0 fully saturated rings. The third kappa shape index (κ3) is 5.23. The first-order valence-electron chi connectivity index (χ1n) is 7.00. The van der Waals surface area contributed by atoms with E-state index in [2.05, 4.69) is 32.2 Å². The first-order valence-corrected chi connectivity index (χ1v) is 7.00. The quantitative estimate of drug-likeness (QED) is 0.708. The molecule has 2 unspecified atom stereocenters. The van der Waals surface area contributed by atoms with E-state index in [0.717, 1.165) is 0 Å².